The molecule has 0 aromatic heterocycles. The minimum absolute atomic E-state index is 0.223. The third kappa shape index (κ3) is 0.976. The van der Waals surface area contributed by atoms with Gasteiger partial charge in [-0.05, 0) is 12.8 Å². The summed E-state index contributed by atoms with van der Waals surface area (Å²) in [4.78, 5) is 10.2. The fraction of sp³-hybridized carbons (Fsp3) is 0.750. The molecule has 0 radical (unpaired) electrons. The zero-order valence-electron chi connectivity index (χ0n) is 6.12. The van der Waals surface area contributed by atoms with Crippen molar-refractivity contribution in [2.45, 2.75) is 32.0 Å². The standard InChI is InChI=1S/C8H12O2/c1-6-2-3-7-4-5-8(6)10-9-7/h2-3,6-8H,4-5H2,1H3. The maximum atomic E-state index is 5.15. The van der Waals surface area contributed by atoms with Crippen LogP contribution < -0.4 is 0 Å². The van der Waals surface area contributed by atoms with E-state index in [1.165, 1.54) is 0 Å². The second kappa shape index (κ2) is 2.36. The first kappa shape index (κ1) is 6.38. The summed E-state index contributed by atoms with van der Waals surface area (Å²) in [7, 11) is 0. The van der Waals surface area contributed by atoms with Crippen LogP contribution in [0.2, 0.25) is 0 Å². The predicted octanol–water partition coefficient (Wildman–Crippen LogP) is 1.67. The Morgan fingerprint density at radius 1 is 1.20 bits per heavy atom. The van der Waals surface area contributed by atoms with Gasteiger partial charge in [-0.1, -0.05) is 19.1 Å². The lowest BCUT2D eigenvalue weighted by atomic mass is 10.0. The number of fused-ring (bicyclic) bond motifs is 3. The van der Waals surface area contributed by atoms with Crippen LogP contribution in [0.3, 0.4) is 0 Å². The maximum Gasteiger partial charge on any atom is 0.111 e. The third-order valence-corrected chi connectivity index (χ3v) is 2.25. The molecule has 1 aliphatic carbocycles. The minimum Gasteiger partial charge on any atom is -0.232 e. The quantitative estimate of drug-likeness (QED) is 0.376. The van der Waals surface area contributed by atoms with Gasteiger partial charge in [0, 0.05) is 5.92 Å². The Hall–Kier alpha value is -0.340. The van der Waals surface area contributed by atoms with Gasteiger partial charge in [0.05, 0.1) is 6.10 Å². The SMILES string of the molecule is CC1C=CC2CCC1OO2. The molecule has 3 atom stereocenters. The third-order valence-electron chi connectivity index (χ3n) is 2.25. The second-order valence-electron chi connectivity index (χ2n) is 3.09. The molecule has 2 bridgehead atoms. The van der Waals surface area contributed by atoms with Crippen molar-refractivity contribution in [3.63, 3.8) is 0 Å². The molecule has 2 aliphatic heterocycles. The largest absolute Gasteiger partial charge is 0.232 e. The zero-order chi connectivity index (χ0) is 6.97. The van der Waals surface area contributed by atoms with E-state index in [9.17, 15) is 0 Å². The van der Waals surface area contributed by atoms with E-state index in [2.05, 4.69) is 19.1 Å². The monoisotopic (exact) mass is 140 g/mol. The lowest BCUT2D eigenvalue weighted by Gasteiger charge is -2.24. The average molecular weight is 140 g/mol. The van der Waals surface area contributed by atoms with E-state index >= 15 is 0 Å². The molecular formula is C8H12O2. The molecule has 0 aromatic carbocycles. The molecule has 2 nitrogen and oxygen atoms in total. The summed E-state index contributed by atoms with van der Waals surface area (Å²) in [5.41, 5.74) is 0. The molecule has 56 valence electrons. The van der Waals surface area contributed by atoms with E-state index < -0.39 is 0 Å². The van der Waals surface area contributed by atoms with Gasteiger partial charge < -0.3 is 0 Å². The predicted molar refractivity (Wildman–Crippen MR) is 37.3 cm³/mol. The first-order valence-electron chi connectivity index (χ1n) is 3.87. The van der Waals surface area contributed by atoms with E-state index in [0.717, 1.165) is 12.8 Å². The summed E-state index contributed by atoms with van der Waals surface area (Å²) in [5.74, 6) is 0.521. The Morgan fingerprint density at radius 3 is 2.80 bits per heavy atom. The van der Waals surface area contributed by atoms with E-state index in [1.807, 2.05) is 0 Å². The maximum absolute atomic E-state index is 5.15. The van der Waals surface area contributed by atoms with Crippen molar-refractivity contribution >= 4 is 0 Å². The Labute approximate surface area is 60.7 Å². The molecule has 2 heterocycles. The van der Waals surface area contributed by atoms with Crippen molar-refractivity contribution in [1.82, 2.24) is 0 Å². The number of hydrogen-bond acceptors (Lipinski definition) is 2. The Morgan fingerprint density at radius 2 is 2.10 bits per heavy atom. The van der Waals surface area contributed by atoms with Crippen molar-refractivity contribution in [1.29, 1.82) is 0 Å². The first-order valence-corrected chi connectivity index (χ1v) is 3.87. The summed E-state index contributed by atoms with van der Waals surface area (Å²) in [6.45, 7) is 2.16. The van der Waals surface area contributed by atoms with Gasteiger partial charge in [0.15, 0.2) is 0 Å². The van der Waals surface area contributed by atoms with Gasteiger partial charge in [0.2, 0.25) is 0 Å². The molecule has 3 aliphatic rings. The van der Waals surface area contributed by atoms with Gasteiger partial charge in [0.25, 0.3) is 0 Å². The normalized spacial score (nSPS) is 45.5. The van der Waals surface area contributed by atoms with Gasteiger partial charge >= 0.3 is 0 Å². The molecule has 1 saturated heterocycles. The van der Waals surface area contributed by atoms with Crippen LogP contribution in [0.1, 0.15) is 19.8 Å². The van der Waals surface area contributed by atoms with Crippen LogP contribution in [0.5, 0.6) is 0 Å². The van der Waals surface area contributed by atoms with Crippen molar-refractivity contribution in [2.24, 2.45) is 5.92 Å². The zero-order valence-corrected chi connectivity index (χ0v) is 6.12. The fourth-order valence-electron chi connectivity index (χ4n) is 1.47. The highest BCUT2D eigenvalue weighted by Crippen LogP contribution is 2.27. The highest BCUT2D eigenvalue weighted by molar-refractivity contribution is 4.99. The van der Waals surface area contributed by atoms with Gasteiger partial charge in [0.1, 0.15) is 6.10 Å². The van der Waals surface area contributed by atoms with E-state index in [-0.39, 0.29) is 6.10 Å². The molecule has 0 N–H and O–H groups in total. The summed E-state index contributed by atoms with van der Waals surface area (Å²) in [6, 6.07) is 0. The lowest BCUT2D eigenvalue weighted by Crippen LogP contribution is -2.26. The summed E-state index contributed by atoms with van der Waals surface area (Å²) in [6.07, 6.45) is 7.08. The van der Waals surface area contributed by atoms with Crippen LogP contribution in [0.4, 0.5) is 0 Å². The summed E-state index contributed by atoms with van der Waals surface area (Å²) >= 11 is 0. The van der Waals surface area contributed by atoms with Gasteiger partial charge in [-0.3, -0.25) is 0 Å². The van der Waals surface area contributed by atoms with E-state index in [4.69, 9.17) is 9.78 Å². The smallest absolute Gasteiger partial charge is 0.111 e. The molecule has 0 saturated carbocycles. The molecule has 0 aromatic rings. The number of hydrogen-bond donors (Lipinski definition) is 0. The van der Waals surface area contributed by atoms with Gasteiger partial charge in [-0.25, -0.2) is 9.78 Å². The minimum atomic E-state index is 0.223. The molecular weight excluding hydrogens is 128 g/mol. The highest BCUT2D eigenvalue weighted by atomic mass is 17.2. The molecule has 3 rings (SSSR count). The second-order valence-corrected chi connectivity index (χ2v) is 3.09. The highest BCUT2D eigenvalue weighted by Gasteiger charge is 2.28. The number of rotatable bonds is 0. The molecule has 10 heavy (non-hydrogen) atoms. The van der Waals surface area contributed by atoms with Crippen molar-refractivity contribution in [2.75, 3.05) is 0 Å². The van der Waals surface area contributed by atoms with Crippen LogP contribution >= 0.6 is 0 Å². The molecule has 2 heteroatoms. The van der Waals surface area contributed by atoms with Crippen molar-refractivity contribution in [3.8, 4) is 0 Å². The van der Waals surface area contributed by atoms with Crippen molar-refractivity contribution in [3.05, 3.63) is 12.2 Å². The van der Waals surface area contributed by atoms with E-state index in [1.54, 1.807) is 0 Å². The van der Waals surface area contributed by atoms with Crippen LogP contribution in [-0.2, 0) is 9.78 Å². The summed E-state index contributed by atoms with van der Waals surface area (Å²) < 4.78 is 0. The Kier molecular flexibility index (Phi) is 1.51. The molecule has 0 spiro atoms. The van der Waals surface area contributed by atoms with Crippen LogP contribution in [-0.4, -0.2) is 12.2 Å². The Balaban J connectivity index is 2.17. The van der Waals surface area contributed by atoms with E-state index in [0.29, 0.717) is 12.0 Å². The topological polar surface area (TPSA) is 18.5 Å². The van der Waals surface area contributed by atoms with Gasteiger partial charge in [-0.2, -0.15) is 0 Å². The fourth-order valence-corrected chi connectivity index (χ4v) is 1.47. The van der Waals surface area contributed by atoms with Crippen molar-refractivity contribution < 1.29 is 9.78 Å². The summed E-state index contributed by atoms with van der Waals surface area (Å²) in [5, 5.41) is 0. The molecule has 0 amide bonds. The van der Waals surface area contributed by atoms with Crippen LogP contribution in [0.15, 0.2) is 12.2 Å². The molecule has 3 unspecified atom stereocenters. The average Bonchev–Trinajstić information content (AvgIpc) is 2.24. The van der Waals surface area contributed by atoms with Crippen LogP contribution in [0, 0.1) is 5.92 Å². The first-order chi connectivity index (χ1) is 4.86. The lowest BCUT2D eigenvalue weighted by molar-refractivity contribution is -0.365. The molecule has 1 fully saturated rings. The van der Waals surface area contributed by atoms with Gasteiger partial charge in [-0.15, -0.1) is 0 Å². The Bertz CT molecular complexity index is 145. The van der Waals surface area contributed by atoms with Crippen LogP contribution in [0.25, 0.3) is 0 Å².